The van der Waals surface area contributed by atoms with Crippen LogP contribution in [0.15, 0.2) is 12.3 Å². The van der Waals surface area contributed by atoms with Crippen molar-refractivity contribution in [1.82, 2.24) is 4.98 Å². The lowest BCUT2D eigenvalue weighted by atomic mass is 10.0. The van der Waals surface area contributed by atoms with Gasteiger partial charge in [0.1, 0.15) is 6.07 Å². The van der Waals surface area contributed by atoms with E-state index in [2.05, 4.69) is 24.1 Å². The van der Waals surface area contributed by atoms with Crippen LogP contribution in [0.4, 0.5) is 11.5 Å². The van der Waals surface area contributed by atoms with E-state index in [0.717, 1.165) is 12.8 Å². The molecule has 6 nitrogen and oxygen atoms in total. The number of nitrogens with one attached hydrogen (secondary N) is 1. The fraction of sp³-hybridized carbons (Fsp3) is 0.538. The fourth-order valence-electron chi connectivity index (χ4n) is 1.90. The van der Waals surface area contributed by atoms with Crippen molar-refractivity contribution in [1.29, 1.82) is 5.26 Å². The molecule has 0 saturated carbocycles. The van der Waals surface area contributed by atoms with Gasteiger partial charge in [0, 0.05) is 23.6 Å². The molecule has 0 fully saturated rings. The Morgan fingerprint density at radius 3 is 2.65 bits per heavy atom. The van der Waals surface area contributed by atoms with Crippen molar-refractivity contribution < 1.29 is 4.92 Å². The maximum Gasteiger partial charge on any atom is 0.312 e. The summed E-state index contributed by atoms with van der Waals surface area (Å²) in [7, 11) is 0. The van der Waals surface area contributed by atoms with E-state index in [9.17, 15) is 10.1 Å². The summed E-state index contributed by atoms with van der Waals surface area (Å²) in [6, 6.07) is 3.10. The first-order chi connectivity index (χ1) is 9.51. The Labute approximate surface area is 122 Å². The lowest BCUT2D eigenvalue weighted by Gasteiger charge is -2.29. The molecule has 0 aromatic carbocycles. The molecule has 1 rings (SSSR count). The van der Waals surface area contributed by atoms with Gasteiger partial charge < -0.3 is 5.32 Å². The summed E-state index contributed by atoms with van der Waals surface area (Å²) in [4.78, 5) is 14.5. The quantitative estimate of drug-likeness (QED) is 0.613. The minimum atomic E-state index is -0.519. The zero-order valence-electron chi connectivity index (χ0n) is 11.8. The number of anilines is 1. The number of pyridine rings is 1. The zero-order chi connectivity index (χ0) is 15.2. The highest BCUT2D eigenvalue weighted by atomic mass is 32.2. The van der Waals surface area contributed by atoms with Gasteiger partial charge >= 0.3 is 5.69 Å². The fourth-order valence-corrected chi connectivity index (χ4v) is 2.69. The lowest BCUT2D eigenvalue weighted by Crippen LogP contribution is -2.32. The first kappa shape index (κ1) is 16.2. The molecule has 1 N–H and O–H groups in total. The van der Waals surface area contributed by atoms with Crippen molar-refractivity contribution in [3.8, 4) is 6.07 Å². The molecular formula is C13H18N4O2S. The van der Waals surface area contributed by atoms with Gasteiger partial charge in [0.2, 0.25) is 5.82 Å². The molecule has 0 radical (unpaired) electrons. The highest BCUT2D eigenvalue weighted by Gasteiger charge is 2.26. The predicted octanol–water partition coefficient (Wildman–Crippen LogP) is 3.20. The van der Waals surface area contributed by atoms with Crippen LogP contribution in [0.5, 0.6) is 0 Å². The van der Waals surface area contributed by atoms with Crippen LogP contribution in [-0.4, -0.2) is 27.5 Å². The first-order valence-electron chi connectivity index (χ1n) is 6.35. The molecule has 0 spiro atoms. The van der Waals surface area contributed by atoms with Crippen LogP contribution in [0.2, 0.25) is 0 Å². The second-order valence-corrected chi connectivity index (χ2v) is 5.68. The third-order valence-electron chi connectivity index (χ3n) is 3.49. The van der Waals surface area contributed by atoms with E-state index in [1.807, 2.05) is 12.3 Å². The van der Waals surface area contributed by atoms with Gasteiger partial charge in [0.25, 0.3) is 0 Å². The summed E-state index contributed by atoms with van der Waals surface area (Å²) in [5.74, 6) is 0.217. The van der Waals surface area contributed by atoms with Gasteiger partial charge in [0.05, 0.1) is 10.5 Å². The molecule has 108 valence electrons. The average Bonchev–Trinajstić information content (AvgIpc) is 2.49. The predicted molar refractivity (Wildman–Crippen MR) is 80.9 cm³/mol. The normalized spacial score (nSPS) is 10.9. The average molecular weight is 294 g/mol. The number of aromatic nitrogens is 1. The van der Waals surface area contributed by atoms with E-state index in [-0.39, 0.29) is 21.8 Å². The number of thioether (sulfide) groups is 1. The third kappa shape index (κ3) is 3.61. The maximum absolute atomic E-state index is 11.0. The number of rotatable bonds is 7. The van der Waals surface area contributed by atoms with Gasteiger partial charge in [0.15, 0.2) is 0 Å². The molecular weight excluding hydrogens is 276 g/mol. The summed E-state index contributed by atoms with van der Waals surface area (Å²) in [6.45, 7) is 4.80. The van der Waals surface area contributed by atoms with E-state index in [0.29, 0.717) is 6.54 Å². The molecule has 7 heteroatoms. The van der Waals surface area contributed by atoms with E-state index in [1.165, 1.54) is 12.3 Å². The van der Waals surface area contributed by atoms with Crippen LogP contribution in [0.1, 0.15) is 32.3 Å². The van der Waals surface area contributed by atoms with Crippen LogP contribution in [0.25, 0.3) is 0 Å². The van der Waals surface area contributed by atoms with E-state index in [1.54, 1.807) is 11.8 Å². The standard InChI is InChI=1S/C13H18N4O2S/c1-4-13(5-2,20-3)9-16-12-11(17(18)19)6-10(7-14)8-15-12/h6,8H,4-5,9H2,1-3H3,(H,15,16). The summed E-state index contributed by atoms with van der Waals surface area (Å²) >= 11 is 1.75. The zero-order valence-corrected chi connectivity index (χ0v) is 12.7. The maximum atomic E-state index is 11.0. The topological polar surface area (TPSA) is 91.8 Å². The van der Waals surface area contributed by atoms with Gasteiger partial charge in [-0.1, -0.05) is 13.8 Å². The van der Waals surface area contributed by atoms with Crippen molar-refractivity contribution in [2.24, 2.45) is 0 Å². The van der Waals surface area contributed by atoms with Crippen LogP contribution in [0.3, 0.4) is 0 Å². The number of hydrogen-bond acceptors (Lipinski definition) is 6. The highest BCUT2D eigenvalue weighted by molar-refractivity contribution is 8.00. The van der Waals surface area contributed by atoms with Gasteiger partial charge in [-0.15, -0.1) is 0 Å². The second-order valence-electron chi connectivity index (χ2n) is 4.41. The molecule has 0 atom stereocenters. The van der Waals surface area contributed by atoms with Crippen LogP contribution in [-0.2, 0) is 0 Å². The van der Waals surface area contributed by atoms with Crippen molar-refractivity contribution >= 4 is 23.3 Å². The minimum absolute atomic E-state index is 0.0312. The Kier molecular flexibility index (Phi) is 5.77. The van der Waals surface area contributed by atoms with Gasteiger partial charge in [-0.05, 0) is 19.1 Å². The highest BCUT2D eigenvalue weighted by Crippen LogP contribution is 2.32. The summed E-state index contributed by atoms with van der Waals surface area (Å²) < 4.78 is 0.0312. The van der Waals surface area contributed by atoms with Crippen molar-refractivity contribution in [3.63, 3.8) is 0 Å². The summed E-state index contributed by atoms with van der Waals surface area (Å²) in [5.41, 5.74) is 0.0237. The molecule has 0 aliphatic heterocycles. The van der Waals surface area contributed by atoms with E-state index >= 15 is 0 Å². The molecule has 1 aromatic rings. The summed E-state index contributed by atoms with van der Waals surface area (Å²) in [6.07, 6.45) is 5.30. The number of hydrogen-bond donors (Lipinski definition) is 1. The van der Waals surface area contributed by atoms with Crippen molar-refractivity contribution in [2.75, 3.05) is 18.1 Å². The molecule has 0 aliphatic carbocycles. The third-order valence-corrected chi connectivity index (χ3v) is 5.08. The molecule has 0 amide bonds. The Bertz CT molecular complexity index is 515. The molecule has 1 heterocycles. The van der Waals surface area contributed by atoms with Crippen molar-refractivity contribution in [2.45, 2.75) is 31.4 Å². The molecule has 20 heavy (non-hydrogen) atoms. The molecule has 0 saturated heterocycles. The Morgan fingerprint density at radius 2 is 2.20 bits per heavy atom. The van der Waals surface area contributed by atoms with Gasteiger partial charge in [-0.3, -0.25) is 10.1 Å². The Balaban J connectivity index is 2.98. The van der Waals surface area contributed by atoms with Crippen LogP contribution in [0, 0.1) is 21.4 Å². The first-order valence-corrected chi connectivity index (χ1v) is 7.58. The molecule has 0 aliphatic rings. The monoisotopic (exact) mass is 294 g/mol. The SMILES string of the molecule is CCC(CC)(CNc1ncc(C#N)cc1[N+](=O)[O-])SC. The minimum Gasteiger partial charge on any atom is -0.363 e. The number of nitro groups is 1. The second kappa shape index (κ2) is 7.10. The number of nitrogens with zero attached hydrogens (tertiary/aromatic N) is 3. The van der Waals surface area contributed by atoms with Crippen molar-refractivity contribution in [3.05, 3.63) is 27.9 Å². The summed E-state index contributed by atoms with van der Waals surface area (Å²) in [5, 5.41) is 22.9. The van der Waals surface area contributed by atoms with Gasteiger partial charge in [-0.2, -0.15) is 17.0 Å². The molecule has 1 aromatic heterocycles. The van der Waals surface area contributed by atoms with Crippen LogP contribution >= 0.6 is 11.8 Å². The van der Waals surface area contributed by atoms with Gasteiger partial charge in [-0.25, -0.2) is 4.98 Å². The Hall–Kier alpha value is -1.81. The van der Waals surface area contributed by atoms with E-state index in [4.69, 9.17) is 5.26 Å². The van der Waals surface area contributed by atoms with Crippen LogP contribution < -0.4 is 5.32 Å². The Morgan fingerprint density at radius 1 is 1.55 bits per heavy atom. The number of nitriles is 1. The lowest BCUT2D eigenvalue weighted by molar-refractivity contribution is -0.384. The molecule has 0 unspecified atom stereocenters. The molecule has 0 bridgehead atoms. The largest absolute Gasteiger partial charge is 0.363 e. The smallest absolute Gasteiger partial charge is 0.312 e. The van der Waals surface area contributed by atoms with E-state index < -0.39 is 4.92 Å².